The highest BCUT2D eigenvalue weighted by Crippen LogP contribution is 2.28. The molecule has 6 nitrogen and oxygen atoms in total. The summed E-state index contributed by atoms with van der Waals surface area (Å²) in [6.45, 7) is 9.65. The first-order chi connectivity index (χ1) is 19.5. The lowest BCUT2D eigenvalue weighted by Gasteiger charge is -2.10. The minimum atomic E-state index is -1.40. The van der Waals surface area contributed by atoms with Gasteiger partial charge in [-0.3, -0.25) is 0 Å². The fourth-order valence-corrected chi connectivity index (χ4v) is 3.84. The molecular formula is C33H26F2O6. The van der Waals surface area contributed by atoms with Crippen LogP contribution in [0, 0.1) is 11.6 Å². The van der Waals surface area contributed by atoms with Crippen molar-refractivity contribution < 1.29 is 37.4 Å². The summed E-state index contributed by atoms with van der Waals surface area (Å²) in [5.41, 5.74) is 2.24. The Labute approximate surface area is 235 Å². The molecule has 4 aromatic rings. The van der Waals surface area contributed by atoms with Crippen molar-refractivity contribution in [3.05, 3.63) is 125 Å². The van der Waals surface area contributed by atoms with Gasteiger partial charge in [0.1, 0.15) is 19.0 Å². The molecule has 0 heterocycles. The Bertz CT molecular complexity index is 1690. The van der Waals surface area contributed by atoms with Crippen molar-refractivity contribution in [2.75, 3.05) is 0 Å². The van der Waals surface area contributed by atoms with Gasteiger partial charge in [-0.15, -0.1) is 0 Å². The number of carbonyl (C=O) groups is 3. The third kappa shape index (κ3) is 6.91. The van der Waals surface area contributed by atoms with Crippen molar-refractivity contribution in [2.45, 2.75) is 27.1 Å². The lowest BCUT2D eigenvalue weighted by molar-refractivity contribution is -0.141. The van der Waals surface area contributed by atoms with Gasteiger partial charge in [-0.1, -0.05) is 55.6 Å². The van der Waals surface area contributed by atoms with Crippen LogP contribution >= 0.6 is 0 Å². The number of hydrogen-bond acceptors (Lipinski definition) is 6. The highest BCUT2D eigenvalue weighted by Gasteiger charge is 2.21. The van der Waals surface area contributed by atoms with Gasteiger partial charge in [-0.25, -0.2) is 23.2 Å². The molecule has 0 aliphatic heterocycles. The molecule has 0 bridgehead atoms. The number of ether oxygens (including phenoxy) is 3. The van der Waals surface area contributed by atoms with Crippen LogP contribution in [0.25, 0.3) is 21.9 Å². The van der Waals surface area contributed by atoms with Gasteiger partial charge in [-0.2, -0.15) is 0 Å². The summed E-state index contributed by atoms with van der Waals surface area (Å²) in [7, 11) is 0. The standard InChI is InChI=1S/C33H26F2O6/c1-19(2)31(36)39-17-21-5-6-25-16-24(8-7-23(25)15-21)22-9-12-27(13-10-22)41-33(38)28-14-11-26(29(34)30(28)35)18-40-32(37)20(3)4/h5-16H,1,3,17-18H2,2,4H3. The van der Waals surface area contributed by atoms with Gasteiger partial charge >= 0.3 is 17.9 Å². The molecule has 0 spiro atoms. The summed E-state index contributed by atoms with van der Waals surface area (Å²) in [5, 5.41) is 1.95. The van der Waals surface area contributed by atoms with Crippen LogP contribution in [0.2, 0.25) is 0 Å². The van der Waals surface area contributed by atoms with E-state index >= 15 is 0 Å². The van der Waals surface area contributed by atoms with Crippen molar-refractivity contribution in [1.29, 1.82) is 0 Å². The van der Waals surface area contributed by atoms with Gasteiger partial charge in [0.25, 0.3) is 0 Å². The average Bonchev–Trinajstić information content (AvgIpc) is 2.96. The SMILES string of the molecule is C=C(C)C(=O)OCc1ccc2cc(-c3ccc(OC(=O)c4ccc(COC(=O)C(=C)C)c(F)c4F)cc3)ccc2c1. The Morgan fingerprint density at radius 1 is 0.683 bits per heavy atom. The number of carbonyl (C=O) groups excluding carboxylic acids is 3. The van der Waals surface area contributed by atoms with Crippen LogP contribution < -0.4 is 4.74 Å². The molecule has 0 radical (unpaired) electrons. The number of esters is 3. The maximum Gasteiger partial charge on any atom is 0.346 e. The van der Waals surface area contributed by atoms with Crippen LogP contribution in [0.5, 0.6) is 5.75 Å². The van der Waals surface area contributed by atoms with Crippen LogP contribution in [-0.2, 0) is 32.3 Å². The summed E-state index contributed by atoms with van der Waals surface area (Å²) in [5.74, 6) is -4.82. The molecule has 41 heavy (non-hydrogen) atoms. The largest absolute Gasteiger partial charge is 0.457 e. The molecule has 0 atom stereocenters. The monoisotopic (exact) mass is 556 g/mol. The number of fused-ring (bicyclic) bond motifs is 1. The van der Waals surface area contributed by atoms with Crippen LogP contribution in [0.3, 0.4) is 0 Å². The molecular weight excluding hydrogens is 530 g/mol. The molecule has 0 unspecified atom stereocenters. The maximum atomic E-state index is 14.6. The predicted octanol–water partition coefficient (Wildman–Crippen LogP) is 7.24. The molecule has 0 aliphatic rings. The molecule has 0 saturated heterocycles. The maximum absolute atomic E-state index is 14.6. The van der Waals surface area contributed by atoms with E-state index < -0.39 is 41.7 Å². The zero-order chi connectivity index (χ0) is 29.7. The zero-order valence-electron chi connectivity index (χ0n) is 22.5. The second-order valence-electron chi connectivity index (χ2n) is 9.42. The van der Waals surface area contributed by atoms with Gasteiger partial charge in [0, 0.05) is 16.7 Å². The van der Waals surface area contributed by atoms with E-state index in [2.05, 4.69) is 13.2 Å². The molecule has 4 rings (SSSR count). The van der Waals surface area contributed by atoms with E-state index in [0.29, 0.717) is 5.57 Å². The molecule has 0 fully saturated rings. The minimum Gasteiger partial charge on any atom is -0.457 e. The quantitative estimate of drug-likeness (QED) is 0.123. The number of hydrogen-bond donors (Lipinski definition) is 0. The Morgan fingerprint density at radius 3 is 1.93 bits per heavy atom. The second-order valence-corrected chi connectivity index (χ2v) is 9.42. The molecule has 0 aliphatic carbocycles. The van der Waals surface area contributed by atoms with Crippen LogP contribution in [0.15, 0.2) is 97.1 Å². The van der Waals surface area contributed by atoms with E-state index in [1.165, 1.54) is 6.92 Å². The van der Waals surface area contributed by atoms with Crippen molar-refractivity contribution in [2.24, 2.45) is 0 Å². The van der Waals surface area contributed by atoms with Gasteiger partial charge < -0.3 is 14.2 Å². The van der Waals surface area contributed by atoms with E-state index in [1.807, 2.05) is 36.4 Å². The summed E-state index contributed by atoms with van der Waals surface area (Å²) < 4.78 is 44.4. The lowest BCUT2D eigenvalue weighted by Crippen LogP contribution is -2.13. The number of benzene rings is 4. The molecule has 8 heteroatoms. The van der Waals surface area contributed by atoms with Gasteiger partial charge in [0.15, 0.2) is 11.6 Å². The summed E-state index contributed by atoms with van der Waals surface area (Å²) in [6, 6.07) is 20.4. The second kappa shape index (κ2) is 12.4. The molecule has 0 saturated carbocycles. The lowest BCUT2D eigenvalue weighted by atomic mass is 10.00. The highest BCUT2D eigenvalue weighted by molar-refractivity contribution is 5.92. The Kier molecular flexibility index (Phi) is 8.72. The zero-order valence-corrected chi connectivity index (χ0v) is 22.5. The summed E-state index contributed by atoms with van der Waals surface area (Å²) >= 11 is 0. The smallest absolute Gasteiger partial charge is 0.346 e. The fraction of sp³-hybridized carbons (Fsp3) is 0.121. The van der Waals surface area contributed by atoms with Crippen molar-refractivity contribution in [3.63, 3.8) is 0 Å². The van der Waals surface area contributed by atoms with Gasteiger partial charge in [0.2, 0.25) is 0 Å². The van der Waals surface area contributed by atoms with Crippen molar-refractivity contribution in [3.8, 4) is 16.9 Å². The Balaban J connectivity index is 1.43. The van der Waals surface area contributed by atoms with Crippen molar-refractivity contribution in [1.82, 2.24) is 0 Å². The molecule has 0 aromatic heterocycles. The number of rotatable bonds is 9. The van der Waals surface area contributed by atoms with Gasteiger partial charge in [-0.05, 0) is 71.6 Å². The van der Waals surface area contributed by atoms with Crippen LogP contribution in [0.4, 0.5) is 8.78 Å². The van der Waals surface area contributed by atoms with Crippen LogP contribution in [0.1, 0.15) is 35.3 Å². The Morgan fingerprint density at radius 2 is 1.27 bits per heavy atom. The first-order valence-corrected chi connectivity index (χ1v) is 12.5. The third-order valence-electron chi connectivity index (χ3n) is 6.11. The predicted molar refractivity (Wildman–Crippen MR) is 150 cm³/mol. The van der Waals surface area contributed by atoms with E-state index in [4.69, 9.17) is 14.2 Å². The Hall–Kier alpha value is -5.11. The first-order valence-electron chi connectivity index (χ1n) is 12.5. The van der Waals surface area contributed by atoms with E-state index in [9.17, 15) is 23.2 Å². The normalized spacial score (nSPS) is 10.6. The van der Waals surface area contributed by atoms with E-state index in [-0.39, 0.29) is 23.5 Å². The summed E-state index contributed by atoms with van der Waals surface area (Å²) in [6.07, 6.45) is 0. The topological polar surface area (TPSA) is 78.9 Å². The first kappa shape index (κ1) is 28.9. The average molecular weight is 557 g/mol. The molecule has 0 N–H and O–H groups in total. The fourth-order valence-electron chi connectivity index (χ4n) is 3.84. The van der Waals surface area contributed by atoms with E-state index in [0.717, 1.165) is 39.6 Å². The summed E-state index contributed by atoms with van der Waals surface area (Å²) in [4.78, 5) is 35.7. The molecule has 4 aromatic carbocycles. The molecule has 0 amide bonds. The van der Waals surface area contributed by atoms with Gasteiger partial charge in [0.05, 0.1) is 5.56 Å². The van der Waals surface area contributed by atoms with Crippen molar-refractivity contribution >= 4 is 28.7 Å². The number of halogens is 2. The molecule has 208 valence electrons. The minimum absolute atomic E-state index is 0.118. The van der Waals surface area contributed by atoms with E-state index in [1.54, 1.807) is 31.2 Å². The van der Waals surface area contributed by atoms with Crippen LogP contribution in [-0.4, -0.2) is 17.9 Å². The third-order valence-corrected chi connectivity index (χ3v) is 6.11. The highest BCUT2D eigenvalue weighted by atomic mass is 19.2.